The predicted molar refractivity (Wildman–Crippen MR) is 84.5 cm³/mol. The van der Waals surface area contributed by atoms with Crippen molar-refractivity contribution in [1.82, 2.24) is 0 Å². The van der Waals surface area contributed by atoms with Gasteiger partial charge in [-0.15, -0.1) is 0 Å². The van der Waals surface area contributed by atoms with Crippen LogP contribution in [0.1, 0.15) is 10.4 Å². The van der Waals surface area contributed by atoms with Crippen molar-refractivity contribution in [3.8, 4) is 5.75 Å². The fourth-order valence-electron chi connectivity index (χ4n) is 1.60. The van der Waals surface area contributed by atoms with Crippen molar-refractivity contribution >= 4 is 44.8 Å². The summed E-state index contributed by atoms with van der Waals surface area (Å²) in [6.07, 6.45) is 0. The first kappa shape index (κ1) is 14.7. The molecule has 0 aliphatic rings. The number of nitrogen functional groups attached to an aromatic ring is 1. The smallest absolute Gasteiger partial charge is 0.255 e. The normalized spacial score (nSPS) is 10.2. The fourth-order valence-corrected chi connectivity index (χ4v) is 2.03. The first-order chi connectivity index (χ1) is 9.51. The molecule has 0 fully saturated rings. The lowest BCUT2D eigenvalue weighted by Gasteiger charge is -2.10. The van der Waals surface area contributed by atoms with E-state index in [1.807, 2.05) is 0 Å². The second-order valence-corrected chi connectivity index (χ2v) is 5.30. The molecule has 4 nitrogen and oxygen atoms in total. The Bertz CT molecular complexity index is 662. The average Bonchev–Trinajstić information content (AvgIpc) is 2.44. The Morgan fingerprint density at radius 2 is 2.05 bits per heavy atom. The number of carbonyl (C=O) groups is 1. The highest BCUT2D eigenvalue weighted by Gasteiger charge is 2.10. The maximum absolute atomic E-state index is 12.1. The molecule has 0 atom stereocenters. The number of hydrogen-bond acceptors (Lipinski definition) is 3. The number of carbonyl (C=O) groups excluding carboxylic acids is 1. The molecule has 0 radical (unpaired) electrons. The third-order valence-corrected chi connectivity index (χ3v) is 3.92. The maximum atomic E-state index is 12.1. The van der Waals surface area contributed by atoms with Crippen LogP contribution in [0.3, 0.4) is 0 Å². The molecule has 0 unspecified atom stereocenters. The second-order valence-electron chi connectivity index (χ2n) is 4.04. The summed E-state index contributed by atoms with van der Waals surface area (Å²) in [7, 11) is 1.55. The molecule has 104 valence electrons. The van der Waals surface area contributed by atoms with Crippen molar-refractivity contribution in [1.29, 1.82) is 0 Å². The molecule has 2 rings (SSSR count). The number of benzene rings is 2. The van der Waals surface area contributed by atoms with Crippen molar-refractivity contribution in [2.75, 3.05) is 18.2 Å². The first-order valence-electron chi connectivity index (χ1n) is 5.71. The van der Waals surface area contributed by atoms with E-state index in [0.717, 1.165) is 4.47 Å². The van der Waals surface area contributed by atoms with Gasteiger partial charge in [-0.1, -0.05) is 11.6 Å². The minimum atomic E-state index is -0.292. The topological polar surface area (TPSA) is 64.3 Å². The highest BCUT2D eigenvalue weighted by atomic mass is 79.9. The van der Waals surface area contributed by atoms with Crippen LogP contribution in [0.25, 0.3) is 0 Å². The Kier molecular flexibility index (Phi) is 4.52. The van der Waals surface area contributed by atoms with Gasteiger partial charge in [0.2, 0.25) is 0 Å². The van der Waals surface area contributed by atoms with Crippen LogP contribution in [0, 0.1) is 0 Å². The Morgan fingerprint density at radius 3 is 2.70 bits per heavy atom. The molecular formula is C14H12BrClN2O2. The standard InChI is InChI=1S/C14H12BrClN2O2/c1-20-9-3-5-12(17)13(7-9)18-14(19)8-2-4-10(15)11(16)6-8/h2-7H,17H2,1H3,(H,18,19). The Labute approximate surface area is 130 Å². The van der Waals surface area contributed by atoms with Gasteiger partial charge in [-0.2, -0.15) is 0 Å². The van der Waals surface area contributed by atoms with Crippen LogP contribution in [-0.4, -0.2) is 13.0 Å². The van der Waals surface area contributed by atoms with Crippen LogP contribution in [0.2, 0.25) is 5.02 Å². The largest absolute Gasteiger partial charge is 0.497 e. The molecule has 0 heterocycles. The number of ether oxygens (including phenoxy) is 1. The van der Waals surface area contributed by atoms with Crippen molar-refractivity contribution in [2.24, 2.45) is 0 Å². The van der Waals surface area contributed by atoms with E-state index in [1.165, 1.54) is 0 Å². The Hall–Kier alpha value is -1.72. The molecule has 0 saturated carbocycles. The van der Waals surface area contributed by atoms with Gasteiger partial charge in [-0.05, 0) is 46.3 Å². The second kappa shape index (κ2) is 6.15. The van der Waals surface area contributed by atoms with Gasteiger partial charge in [0.1, 0.15) is 5.75 Å². The molecular weight excluding hydrogens is 344 g/mol. The number of methoxy groups -OCH3 is 1. The van der Waals surface area contributed by atoms with Crippen molar-refractivity contribution in [2.45, 2.75) is 0 Å². The Morgan fingerprint density at radius 1 is 1.30 bits per heavy atom. The molecule has 0 spiro atoms. The van der Waals surface area contributed by atoms with Crippen LogP contribution < -0.4 is 15.8 Å². The zero-order chi connectivity index (χ0) is 14.7. The van der Waals surface area contributed by atoms with Crippen LogP contribution in [0.5, 0.6) is 5.75 Å². The van der Waals surface area contributed by atoms with Gasteiger partial charge in [0.15, 0.2) is 0 Å². The van der Waals surface area contributed by atoms with E-state index in [1.54, 1.807) is 43.5 Å². The molecule has 0 aromatic heterocycles. The van der Waals surface area contributed by atoms with Gasteiger partial charge in [0, 0.05) is 16.1 Å². The Balaban J connectivity index is 2.25. The van der Waals surface area contributed by atoms with E-state index >= 15 is 0 Å². The summed E-state index contributed by atoms with van der Waals surface area (Å²) in [5, 5.41) is 3.20. The number of nitrogens with two attached hydrogens (primary N) is 1. The molecule has 1 amide bonds. The van der Waals surface area contributed by atoms with E-state index in [0.29, 0.717) is 27.7 Å². The van der Waals surface area contributed by atoms with Crippen LogP contribution >= 0.6 is 27.5 Å². The molecule has 2 aromatic rings. The summed E-state index contributed by atoms with van der Waals surface area (Å²) in [6, 6.07) is 10.0. The fraction of sp³-hybridized carbons (Fsp3) is 0.0714. The van der Waals surface area contributed by atoms with Gasteiger partial charge in [0.25, 0.3) is 5.91 Å². The molecule has 2 aromatic carbocycles. The number of halogens is 2. The van der Waals surface area contributed by atoms with Gasteiger partial charge in [-0.25, -0.2) is 0 Å². The highest BCUT2D eigenvalue weighted by Crippen LogP contribution is 2.26. The first-order valence-corrected chi connectivity index (χ1v) is 6.88. The molecule has 0 bridgehead atoms. The van der Waals surface area contributed by atoms with E-state index in [2.05, 4.69) is 21.2 Å². The van der Waals surface area contributed by atoms with Crippen molar-refractivity contribution in [3.05, 3.63) is 51.5 Å². The van der Waals surface area contributed by atoms with E-state index in [9.17, 15) is 4.79 Å². The molecule has 3 N–H and O–H groups in total. The van der Waals surface area contributed by atoms with E-state index in [4.69, 9.17) is 22.1 Å². The molecule has 20 heavy (non-hydrogen) atoms. The van der Waals surface area contributed by atoms with E-state index in [-0.39, 0.29) is 5.91 Å². The van der Waals surface area contributed by atoms with Crippen molar-refractivity contribution in [3.63, 3.8) is 0 Å². The number of rotatable bonds is 3. The number of anilines is 2. The highest BCUT2D eigenvalue weighted by molar-refractivity contribution is 9.10. The number of nitrogens with one attached hydrogen (secondary N) is 1. The monoisotopic (exact) mass is 354 g/mol. The molecule has 0 saturated heterocycles. The van der Waals surface area contributed by atoms with Gasteiger partial charge in [0.05, 0.1) is 23.5 Å². The summed E-state index contributed by atoms with van der Waals surface area (Å²) in [4.78, 5) is 12.1. The quantitative estimate of drug-likeness (QED) is 0.820. The van der Waals surface area contributed by atoms with Crippen LogP contribution in [-0.2, 0) is 0 Å². The predicted octanol–water partition coefficient (Wildman–Crippen LogP) is 3.95. The van der Waals surface area contributed by atoms with Crippen molar-refractivity contribution < 1.29 is 9.53 Å². The minimum absolute atomic E-state index is 0.292. The van der Waals surface area contributed by atoms with Gasteiger partial charge in [-0.3, -0.25) is 4.79 Å². The summed E-state index contributed by atoms with van der Waals surface area (Å²) in [5.74, 6) is 0.322. The summed E-state index contributed by atoms with van der Waals surface area (Å²) >= 11 is 9.24. The molecule has 6 heteroatoms. The number of amides is 1. The van der Waals surface area contributed by atoms with Gasteiger partial charge < -0.3 is 15.8 Å². The van der Waals surface area contributed by atoms with Gasteiger partial charge >= 0.3 is 0 Å². The third-order valence-electron chi connectivity index (χ3n) is 2.69. The molecule has 0 aliphatic carbocycles. The SMILES string of the molecule is COc1ccc(N)c(NC(=O)c2ccc(Br)c(Cl)c2)c1. The zero-order valence-electron chi connectivity index (χ0n) is 10.6. The maximum Gasteiger partial charge on any atom is 0.255 e. The van der Waals surface area contributed by atoms with E-state index < -0.39 is 0 Å². The molecule has 0 aliphatic heterocycles. The summed E-state index contributed by atoms with van der Waals surface area (Å²) in [6.45, 7) is 0. The van der Waals surface area contributed by atoms with Crippen LogP contribution in [0.4, 0.5) is 11.4 Å². The lowest BCUT2D eigenvalue weighted by Crippen LogP contribution is -2.13. The lowest BCUT2D eigenvalue weighted by molar-refractivity contribution is 0.102. The average molecular weight is 356 g/mol. The lowest BCUT2D eigenvalue weighted by atomic mass is 10.2. The van der Waals surface area contributed by atoms with Crippen LogP contribution in [0.15, 0.2) is 40.9 Å². The number of hydrogen-bond donors (Lipinski definition) is 2. The third kappa shape index (κ3) is 3.23. The summed E-state index contributed by atoms with van der Waals surface area (Å²) in [5.41, 5.74) is 7.22. The zero-order valence-corrected chi connectivity index (χ0v) is 13.0. The minimum Gasteiger partial charge on any atom is -0.497 e. The summed E-state index contributed by atoms with van der Waals surface area (Å²) < 4.78 is 5.83.